The van der Waals surface area contributed by atoms with Gasteiger partial charge in [0, 0.05) is 30.0 Å². The molecule has 180 valence electrons. The zero-order valence-electron chi connectivity index (χ0n) is 19.4. The van der Waals surface area contributed by atoms with Gasteiger partial charge in [0.15, 0.2) is 0 Å². The van der Waals surface area contributed by atoms with Gasteiger partial charge in [0.25, 0.3) is 11.8 Å². The van der Waals surface area contributed by atoms with Crippen LogP contribution in [0.3, 0.4) is 0 Å². The first-order valence-electron chi connectivity index (χ1n) is 11.4. The third-order valence-corrected chi connectivity index (χ3v) is 6.57. The highest BCUT2D eigenvalue weighted by Gasteiger charge is 2.19. The van der Waals surface area contributed by atoms with Gasteiger partial charge in [-0.3, -0.25) is 14.6 Å². The first-order valence-corrected chi connectivity index (χ1v) is 12.6. The van der Waals surface area contributed by atoms with Crippen LogP contribution in [0.4, 0.5) is 0 Å². The lowest BCUT2D eigenvalue weighted by atomic mass is 10.2. The second-order valence-corrected chi connectivity index (χ2v) is 9.31. The number of thiazole rings is 1. The summed E-state index contributed by atoms with van der Waals surface area (Å²) in [5.41, 5.74) is 2.66. The number of benzene rings is 1. The molecule has 35 heavy (non-hydrogen) atoms. The molecular weight excluding hydrogens is 482 g/mol. The van der Waals surface area contributed by atoms with E-state index in [2.05, 4.69) is 19.9 Å². The highest BCUT2D eigenvalue weighted by atomic mass is 35.5. The molecule has 1 aromatic carbocycles. The quantitative estimate of drug-likeness (QED) is 0.326. The number of halogens is 1. The summed E-state index contributed by atoms with van der Waals surface area (Å²) in [4.78, 5) is 36.2. The van der Waals surface area contributed by atoms with E-state index in [1.54, 1.807) is 23.7 Å². The highest BCUT2D eigenvalue weighted by Crippen LogP contribution is 2.20. The summed E-state index contributed by atoms with van der Waals surface area (Å²) in [6.45, 7) is 3.98. The Morgan fingerprint density at radius 2 is 1.94 bits per heavy atom. The maximum atomic E-state index is 13.2. The van der Waals surface area contributed by atoms with E-state index in [0.717, 1.165) is 22.8 Å². The summed E-state index contributed by atoms with van der Waals surface area (Å²) < 4.78 is 2.05. The zero-order valence-corrected chi connectivity index (χ0v) is 20.9. The molecule has 9 heteroatoms. The molecule has 0 radical (unpaired) electrons. The Bertz CT molecular complexity index is 1290. The van der Waals surface area contributed by atoms with Crippen LogP contribution < -0.4 is 5.32 Å². The van der Waals surface area contributed by atoms with Crippen molar-refractivity contribution < 1.29 is 9.59 Å². The Balaban J connectivity index is 1.42. The summed E-state index contributed by atoms with van der Waals surface area (Å²) in [6, 6.07) is 16.6. The summed E-state index contributed by atoms with van der Waals surface area (Å²) in [5.74, 6) is -0.323. The number of carbonyl (C=O) groups excluding carboxylic acids is 2. The zero-order chi connectivity index (χ0) is 24.6. The van der Waals surface area contributed by atoms with E-state index in [4.69, 9.17) is 11.6 Å². The van der Waals surface area contributed by atoms with Crippen LogP contribution in [0.1, 0.15) is 50.6 Å². The van der Waals surface area contributed by atoms with Gasteiger partial charge in [0.05, 0.1) is 35.9 Å². The standard InChI is InChI=1S/C26H26ClN5O2S/c1-2-13-32(26(34)21-10-3-4-11-22(21)27)16-20-9-7-14-31(20)17-24-30-23(18-35-24)25(33)29-15-19-8-5-6-12-28-19/h3-12,14,18H,2,13,15-17H2,1H3,(H,29,33). The smallest absolute Gasteiger partial charge is 0.271 e. The Labute approximate surface area is 213 Å². The van der Waals surface area contributed by atoms with Crippen molar-refractivity contribution in [1.29, 1.82) is 0 Å². The van der Waals surface area contributed by atoms with E-state index in [0.29, 0.717) is 42.5 Å². The van der Waals surface area contributed by atoms with Gasteiger partial charge in [-0.25, -0.2) is 4.98 Å². The minimum absolute atomic E-state index is 0.0914. The van der Waals surface area contributed by atoms with Crippen molar-refractivity contribution >= 4 is 34.8 Å². The van der Waals surface area contributed by atoms with Crippen molar-refractivity contribution in [1.82, 2.24) is 24.8 Å². The van der Waals surface area contributed by atoms with E-state index in [1.807, 2.05) is 60.5 Å². The van der Waals surface area contributed by atoms with Gasteiger partial charge in [-0.15, -0.1) is 11.3 Å². The number of amides is 2. The molecule has 0 aliphatic rings. The number of hydrogen-bond donors (Lipinski definition) is 1. The van der Waals surface area contributed by atoms with E-state index in [1.165, 1.54) is 11.3 Å². The molecule has 0 spiro atoms. The number of rotatable bonds is 10. The number of pyridine rings is 1. The Morgan fingerprint density at radius 1 is 1.11 bits per heavy atom. The second-order valence-electron chi connectivity index (χ2n) is 7.96. The molecule has 3 heterocycles. The van der Waals surface area contributed by atoms with Crippen LogP contribution in [0.25, 0.3) is 0 Å². The molecule has 4 rings (SSSR count). The molecule has 0 fully saturated rings. The molecular formula is C26H26ClN5O2S. The fraction of sp³-hybridized carbons (Fsp3) is 0.231. The Hall–Kier alpha value is -3.49. The minimum atomic E-state index is -0.231. The number of carbonyl (C=O) groups is 2. The average molecular weight is 508 g/mol. The van der Waals surface area contributed by atoms with Crippen molar-refractivity contribution in [2.75, 3.05) is 6.54 Å². The molecule has 2 amide bonds. The lowest BCUT2D eigenvalue weighted by molar-refractivity contribution is 0.0739. The Kier molecular flexibility index (Phi) is 8.28. The molecule has 0 unspecified atom stereocenters. The number of aromatic nitrogens is 3. The van der Waals surface area contributed by atoms with Crippen molar-refractivity contribution in [3.8, 4) is 0 Å². The predicted octanol–water partition coefficient (Wildman–Crippen LogP) is 5.02. The summed E-state index contributed by atoms with van der Waals surface area (Å²) in [7, 11) is 0. The van der Waals surface area contributed by atoms with E-state index in [-0.39, 0.29) is 11.8 Å². The van der Waals surface area contributed by atoms with Gasteiger partial charge in [0.2, 0.25) is 0 Å². The van der Waals surface area contributed by atoms with Crippen LogP contribution in [0, 0.1) is 0 Å². The Morgan fingerprint density at radius 3 is 2.71 bits per heavy atom. The minimum Gasteiger partial charge on any atom is -0.345 e. The summed E-state index contributed by atoms with van der Waals surface area (Å²) >= 11 is 7.71. The van der Waals surface area contributed by atoms with Crippen LogP contribution >= 0.6 is 22.9 Å². The normalized spacial score (nSPS) is 10.8. The lowest BCUT2D eigenvalue weighted by Gasteiger charge is -2.23. The summed E-state index contributed by atoms with van der Waals surface area (Å²) in [6.07, 6.45) is 4.49. The van der Waals surface area contributed by atoms with Crippen LogP contribution in [-0.4, -0.2) is 37.8 Å². The molecule has 0 saturated carbocycles. The predicted molar refractivity (Wildman–Crippen MR) is 138 cm³/mol. The van der Waals surface area contributed by atoms with Gasteiger partial charge in [0.1, 0.15) is 10.7 Å². The average Bonchev–Trinajstić information content (AvgIpc) is 3.53. The van der Waals surface area contributed by atoms with Crippen molar-refractivity contribution in [2.45, 2.75) is 33.0 Å². The number of hydrogen-bond acceptors (Lipinski definition) is 5. The van der Waals surface area contributed by atoms with Gasteiger partial charge >= 0.3 is 0 Å². The first kappa shape index (κ1) is 24.6. The monoisotopic (exact) mass is 507 g/mol. The van der Waals surface area contributed by atoms with Gasteiger partial charge in [-0.1, -0.05) is 36.7 Å². The molecule has 4 aromatic rings. The third-order valence-electron chi connectivity index (χ3n) is 5.41. The molecule has 0 atom stereocenters. The van der Waals surface area contributed by atoms with Crippen molar-refractivity contribution in [2.24, 2.45) is 0 Å². The molecule has 1 N–H and O–H groups in total. The summed E-state index contributed by atoms with van der Waals surface area (Å²) in [5, 5.41) is 5.87. The van der Waals surface area contributed by atoms with Crippen LogP contribution in [0.2, 0.25) is 5.02 Å². The van der Waals surface area contributed by atoms with E-state index in [9.17, 15) is 9.59 Å². The van der Waals surface area contributed by atoms with Crippen molar-refractivity contribution in [3.63, 3.8) is 0 Å². The molecule has 0 aliphatic heterocycles. The first-order chi connectivity index (χ1) is 17.0. The molecule has 0 bridgehead atoms. The van der Waals surface area contributed by atoms with Crippen LogP contribution in [-0.2, 0) is 19.6 Å². The highest BCUT2D eigenvalue weighted by molar-refractivity contribution is 7.09. The second kappa shape index (κ2) is 11.8. The molecule has 7 nitrogen and oxygen atoms in total. The topological polar surface area (TPSA) is 80.1 Å². The largest absolute Gasteiger partial charge is 0.345 e. The van der Waals surface area contributed by atoms with Gasteiger partial charge in [-0.2, -0.15) is 0 Å². The fourth-order valence-electron chi connectivity index (χ4n) is 3.67. The molecule has 3 aromatic heterocycles. The van der Waals surface area contributed by atoms with E-state index >= 15 is 0 Å². The SMILES string of the molecule is CCCN(Cc1cccn1Cc1nc(C(=O)NCc2ccccn2)cs1)C(=O)c1ccccc1Cl. The van der Waals surface area contributed by atoms with Crippen molar-refractivity contribution in [3.05, 3.63) is 105 Å². The number of nitrogens with one attached hydrogen (secondary N) is 1. The van der Waals surface area contributed by atoms with Gasteiger partial charge < -0.3 is 14.8 Å². The van der Waals surface area contributed by atoms with Gasteiger partial charge in [-0.05, 0) is 42.8 Å². The third kappa shape index (κ3) is 6.35. The fourth-order valence-corrected chi connectivity index (χ4v) is 4.66. The maximum absolute atomic E-state index is 13.2. The van der Waals surface area contributed by atoms with Crippen LogP contribution in [0.15, 0.2) is 72.4 Å². The van der Waals surface area contributed by atoms with Crippen LogP contribution in [0.5, 0.6) is 0 Å². The molecule has 0 aliphatic carbocycles. The number of nitrogens with zero attached hydrogens (tertiary/aromatic N) is 4. The molecule has 0 saturated heterocycles. The maximum Gasteiger partial charge on any atom is 0.271 e. The lowest BCUT2D eigenvalue weighted by Crippen LogP contribution is -2.32. The van der Waals surface area contributed by atoms with E-state index < -0.39 is 0 Å².